The molecule has 0 atom stereocenters. The summed E-state index contributed by atoms with van der Waals surface area (Å²) in [5.41, 5.74) is 4.69. The molecule has 0 radical (unpaired) electrons. The second kappa shape index (κ2) is 9.08. The molecule has 4 heterocycles. The van der Waals surface area contributed by atoms with Gasteiger partial charge in [0, 0.05) is 59.8 Å². The summed E-state index contributed by atoms with van der Waals surface area (Å²) in [5, 5.41) is 6.10. The van der Waals surface area contributed by atoms with Gasteiger partial charge in [-0.2, -0.15) is 0 Å². The first-order chi connectivity index (χ1) is 16.8. The van der Waals surface area contributed by atoms with Crippen molar-refractivity contribution in [2.75, 3.05) is 46.0 Å². The fraction of sp³-hybridized carbons (Fsp3) is 0.333. The lowest BCUT2D eigenvalue weighted by atomic mass is 10.0. The van der Waals surface area contributed by atoms with Gasteiger partial charge in [-0.1, -0.05) is 24.3 Å². The van der Waals surface area contributed by atoms with E-state index in [0.29, 0.717) is 6.61 Å². The van der Waals surface area contributed by atoms with Gasteiger partial charge in [0.25, 0.3) is 5.91 Å². The molecule has 1 amide bonds. The highest BCUT2D eigenvalue weighted by Crippen LogP contribution is 2.33. The lowest BCUT2D eigenvalue weighted by Crippen LogP contribution is -2.38. The van der Waals surface area contributed by atoms with Crippen molar-refractivity contribution in [1.29, 1.82) is 0 Å². The molecule has 0 saturated carbocycles. The van der Waals surface area contributed by atoms with Crippen LogP contribution in [0.15, 0.2) is 48.7 Å². The number of fused-ring (bicyclic) bond motifs is 5. The number of aryl methyl sites for hydroxylation is 1. The topological polar surface area (TPSA) is 79.5 Å². The highest BCUT2D eigenvalue weighted by atomic mass is 16.5. The number of morpholine rings is 1. The van der Waals surface area contributed by atoms with E-state index in [0.717, 1.165) is 102 Å². The molecule has 0 unspecified atom stereocenters. The number of aromatic nitrogens is 2. The van der Waals surface area contributed by atoms with Gasteiger partial charge in [0.2, 0.25) is 0 Å². The first-order valence-electron chi connectivity index (χ1n) is 12.0. The zero-order chi connectivity index (χ0) is 22.9. The van der Waals surface area contributed by atoms with Crippen LogP contribution in [0.4, 0.5) is 0 Å². The van der Waals surface area contributed by atoms with Gasteiger partial charge < -0.3 is 19.8 Å². The van der Waals surface area contributed by atoms with Gasteiger partial charge in [-0.15, -0.1) is 0 Å². The minimum Gasteiger partial charge on any atom is -0.492 e. The van der Waals surface area contributed by atoms with E-state index in [1.165, 1.54) is 0 Å². The first kappa shape index (κ1) is 21.1. The maximum atomic E-state index is 12.7. The molecule has 1 saturated heterocycles. The molecule has 2 aromatic carbocycles. The number of aromatic amines is 1. The fourth-order valence-corrected chi connectivity index (χ4v) is 4.96. The van der Waals surface area contributed by atoms with Crippen LogP contribution >= 0.6 is 0 Å². The van der Waals surface area contributed by atoms with E-state index in [2.05, 4.69) is 27.3 Å². The Balaban J connectivity index is 1.30. The second-order valence-corrected chi connectivity index (χ2v) is 8.95. The van der Waals surface area contributed by atoms with E-state index in [9.17, 15) is 4.79 Å². The van der Waals surface area contributed by atoms with E-state index < -0.39 is 0 Å². The molecule has 0 bridgehead atoms. The molecule has 1 fully saturated rings. The molecule has 174 valence electrons. The summed E-state index contributed by atoms with van der Waals surface area (Å²) < 4.78 is 11.5. The predicted molar refractivity (Wildman–Crippen MR) is 132 cm³/mol. The summed E-state index contributed by atoms with van der Waals surface area (Å²) in [6.45, 7) is 5.77. The van der Waals surface area contributed by atoms with Gasteiger partial charge in [-0.25, -0.2) is 0 Å². The van der Waals surface area contributed by atoms with Crippen molar-refractivity contribution in [3.63, 3.8) is 0 Å². The Morgan fingerprint density at radius 2 is 2.00 bits per heavy atom. The number of H-pyrrole nitrogens is 1. The summed E-state index contributed by atoms with van der Waals surface area (Å²) in [6, 6.07) is 14.3. The van der Waals surface area contributed by atoms with Gasteiger partial charge in [0.15, 0.2) is 0 Å². The van der Waals surface area contributed by atoms with Crippen molar-refractivity contribution >= 4 is 27.6 Å². The number of rotatable bonds is 5. The quantitative estimate of drug-likeness (QED) is 0.478. The standard InChI is InChI=1S/C27H28N4O3/c32-27-25-21-7-6-19-17-29-24(16-22(19)26(21)30-23(25)5-2-8-28-27)18-3-1-4-20(15-18)34-14-11-31-9-12-33-13-10-31/h1,3-4,6-7,15-17,30H,2,5,8-14H2,(H,28,32). The highest BCUT2D eigenvalue weighted by Gasteiger charge is 2.22. The van der Waals surface area contributed by atoms with Crippen molar-refractivity contribution in [3.8, 4) is 17.0 Å². The molecule has 7 heteroatoms. The van der Waals surface area contributed by atoms with Crippen LogP contribution in [-0.2, 0) is 11.2 Å². The summed E-state index contributed by atoms with van der Waals surface area (Å²) in [6.07, 6.45) is 3.71. The third-order valence-corrected chi connectivity index (χ3v) is 6.78. The molecular formula is C27H28N4O3. The van der Waals surface area contributed by atoms with Crippen LogP contribution in [0.1, 0.15) is 22.5 Å². The normalized spacial score (nSPS) is 16.9. The van der Waals surface area contributed by atoms with Gasteiger partial charge in [0.1, 0.15) is 12.4 Å². The summed E-state index contributed by atoms with van der Waals surface area (Å²) >= 11 is 0. The Morgan fingerprint density at radius 3 is 2.91 bits per heavy atom. The average Bonchev–Trinajstić information content (AvgIpc) is 3.16. The largest absolute Gasteiger partial charge is 0.492 e. The van der Waals surface area contributed by atoms with Crippen molar-refractivity contribution in [2.24, 2.45) is 0 Å². The zero-order valence-corrected chi connectivity index (χ0v) is 19.1. The number of pyridine rings is 1. The Hall–Kier alpha value is -3.42. The highest BCUT2D eigenvalue weighted by molar-refractivity contribution is 6.15. The molecular weight excluding hydrogens is 428 g/mol. The smallest absolute Gasteiger partial charge is 0.253 e. The van der Waals surface area contributed by atoms with Crippen LogP contribution in [0.2, 0.25) is 0 Å². The van der Waals surface area contributed by atoms with E-state index in [1.807, 2.05) is 36.5 Å². The van der Waals surface area contributed by atoms with Crippen LogP contribution in [0, 0.1) is 0 Å². The van der Waals surface area contributed by atoms with Crippen LogP contribution in [-0.4, -0.2) is 66.8 Å². The number of ether oxygens (including phenoxy) is 2. The third-order valence-electron chi connectivity index (χ3n) is 6.78. The maximum Gasteiger partial charge on any atom is 0.253 e. The van der Waals surface area contributed by atoms with Gasteiger partial charge >= 0.3 is 0 Å². The van der Waals surface area contributed by atoms with E-state index in [4.69, 9.17) is 14.5 Å². The molecule has 7 nitrogen and oxygen atoms in total. The number of hydrogen-bond donors (Lipinski definition) is 2. The Kier molecular flexibility index (Phi) is 5.65. The minimum absolute atomic E-state index is 0.00862. The van der Waals surface area contributed by atoms with Crippen LogP contribution in [0.5, 0.6) is 5.75 Å². The molecule has 34 heavy (non-hydrogen) atoms. The second-order valence-electron chi connectivity index (χ2n) is 8.95. The van der Waals surface area contributed by atoms with Crippen LogP contribution < -0.4 is 10.1 Å². The number of nitrogens with zero attached hydrogens (tertiary/aromatic N) is 2. The molecule has 2 N–H and O–H groups in total. The summed E-state index contributed by atoms with van der Waals surface area (Å²) in [4.78, 5) is 23.3. The van der Waals surface area contributed by atoms with Gasteiger partial charge in [-0.05, 0) is 31.0 Å². The lowest BCUT2D eigenvalue weighted by molar-refractivity contribution is 0.0322. The first-order valence-corrected chi connectivity index (χ1v) is 12.0. The van der Waals surface area contributed by atoms with Gasteiger partial charge in [-0.3, -0.25) is 14.7 Å². The zero-order valence-electron chi connectivity index (χ0n) is 19.1. The van der Waals surface area contributed by atoms with Crippen LogP contribution in [0.25, 0.3) is 32.9 Å². The Bertz CT molecular complexity index is 1360. The van der Waals surface area contributed by atoms with Crippen molar-refractivity contribution in [2.45, 2.75) is 12.8 Å². The number of carbonyl (C=O) groups is 1. The Labute approximate surface area is 198 Å². The Morgan fingerprint density at radius 1 is 1.09 bits per heavy atom. The number of carbonyl (C=O) groups excluding carboxylic acids is 1. The molecule has 2 aliphatic heterocycles. The summed E-state index contributed by atoms with van der Waals surface area (Å²) in [5.74, 6) is 0.850. The van der Waals surface area contributed by atoms with E-state index >= 15 is 0 Å². The molecule has 2 aliphatic rings. The van der Waals surface area contributed by atoms with Crippen molar-refractivity contribution in [3.05, 3.63) is 59.9 Å². The van der Waals surface area contributed by atoms with Crippen molar-refractivity contribution in [1.82, 2.24) is 20.2 Å². The van der Waals surface area contributed by atoms with Crippen molar-refractivity contribution < 1.29 is 14.3 Å². The number of hydrogen-bond acceptors (Lipinski definition) is 5. The van der Waals surface area contributed by atoms with E-state index in [1.54, 1.807) is 0 Å². The third kappa shape index (κ3) is 4.02. The predicted octanol–water partition coefficient (Wildman–Crippen LogP) is 3.77. The molecule has 2 aromatic heterocycles. The molecule has 0 spiro atoms. The SMILES string of the molecule is O=C1NCCCc2[nH]c3c(ccc4cnc(-c5cccc(OCCN6CCOCC6)c5)cc43)c21. The lowest BCUT2D eigenvalue weighted by Gasteiger charge is -2.26. The van der Waals surface area contributed by atoms with E-state index in [-0.39, 0.29) is 5.91 Å². The van der Waals surface area contributed by atoms with Gasteiger partial charge in [0.05, 0.1) is 30.0 Å². The maximum absolute atomic E-state index is 12.7. The molecule has 6 rings (SSSR count). The molecule has 4 aromatic rings. The summed E-state index contributed by atoms with van der Waals surface area (Å²) in [7, 11) is 0. The average molecular weight is 457 g/mol. The number of benzene rings is 2. The number of amides is 1. The number of nitrogens with one attached hydrogen (secondary N) is 2. The van der Waals surface area contributed by atoms with Crippen LogP contribution in [0.3, 0.4) is 0 Å². The monoisotopic (exact) mass is 456 g/mol. The minimum atomic E-state index is 0.00862. The molecule has 0 aliphatic carbocycles. The fourth-order valence-electron chi connectivity index (χ4n) is 4.96.